The maximum absolute atomic E-state index is 13.8. The van der Waals surface area contributed by atoms with Gasteiger partial charge in [0.25, 0.3) is 5.91 Å². The lowest BCUT2D eigenvalue weighted by Gasteiger charge is -2.21. The Morgan fingerprint density at radius 2 is 1.91 bits per heavy atom. The summed E-state index contributed by atoms with van der Waals surface area (Å²) in [4.78, 5) is 20.3. The van der Waals surface area contributed by atoms with E-state index in [0.717, 1.165) is 27.2 Å². The van der Waals surface area contributed by atoms with Crippen molar-refractivity contribution in [3.63, 3.8) is 0 Å². The highest BCUT2D eigenvalue weighted by atomic mass is 35.5. The number of amides is 1. The number of aryl methyl sites for hydroxylation is 3. The molecule has 1 amide bonds. The first-order valence-electron chi connectivity index (χ1n) is 10.4. The van der Waals surface area contributed by atoms with Crippen LogP contribution >= 0.6 is 22.9 Å². The van der Waals surface area contributed by atoms with E-state index in [2.05, 4.69) is 5.10 Å². The number of rotatable bonds is 7. The van der Waals surface area contributed by atoms with Gasteiger partial charge in [0.2, 0.25) is 0 Å². The number of hydrogen-bond donors (Lipinski definition) is 0. The van der Waals surface area contributed by atoms with E-state index in [4.69, 9.17) is 26.1 Å². The zero-order valence-electron chi connectivity index (χ0n) is 19.2. The molecule has 2 aromatic carbocycles. The molecule has 4 rings (SSSR count). The highest BCUT2D eigenvalue weighted by Crippen LogP contribution is 2.35. The normalized spacial score (nSPS) is 11.1. The quantitative estimate of drug-likeness (QED) is 0.349. The molecule has 0 unspecified atom stereocenters. The van der Waals surface area contributed by atoms with Crippen molar-refractivity contribution in [2.45, 2.75) is 27.3 Å². The molecule has 0 fully saturated rings. The van der Waals surface area contributed by atoms with E-state index < -0.39 is 0 Å². The van der Waals surface area contributed by atoms with Gasteiger partial charge in [-0.15, -0.1) is 0 Å². The molecule has 0 aliphatic rings. The van der Waals surface area contributed by atoms with Gasteiger partial charge < -0.3 is 9.47 Å². The Bertz CT molecular complexity index is 1330. The van der Waals surface area contributed by atoms with Crippen LogP contribution in [0, 0.1) is 20.8 Å². The summed E-state index contributed by atoms with van der Waals surface area (Å²) in [5.74, 6) is 0.817. The van der Waals surface area contributed by atoms with Crippen molar-refractivity contribution in [3.8, 4) is 11.5 Å². The van der Waals surface area contributed by atoms with Gasteiger partial charge >= 0.3 is 0 Å². The van der Waals surface area contributed by atoms with Gasteiger partial charge in [-0.3, -0.25) is 14.4 Å². The third-order valence-electron chi connectivity index (χ3n) is 5.39. The average Bonchev–Trinajstić information content (AvgIpc) is 3.35. The van der Waals surface area contributed by atoms with E-state index in [1.54, 1.807) is 37.3 Å². The van der Waals surface area contributed by atoms with E-state index in [1.165, 1.54) is 11.3 Å². The van der Waals surface area contributed by atoms with Gasteiger partial charge in [0, 0.05) is 17.3 Å². The molecule has 4 aromatic rings. The van der Waals surface area contributed by atoms with E-state index in [0.29, 0.717) is 40.3 Å². The molecular formula is C24H25ClN4O3S. The third-order valence-corrected chi connectivity index (χ3v) is 6.63. The van der Waals surface area contributed by atoms with Crippen molar-refractivity contribution in [1.29, 1.82) is 0 Å². The maximum Gasteiger partial charge on any atom is 0.264 e. The molecule has 0 saturated heterocycles. The summed E-state index contributed by atoms with van der Waals surface area (Å²) in [6.07, 6.45) is 0. The first kappa shape index (κ1) is 23.1. The van der Waals surface area contributed by atoms with Gasteiger partial charge in [-0.2, -0.15) is 5.10 Å². The number of carbonyl (C=O) groups is 1. The van der Waals surface area contributed by atoms with Crippen LogP contribution in [0.4, 0.5) is 5.13 Å². The number of anilines is 1. The second-order valence-electron chi connectivity index (χ2n) is 7.74. The zero-order valence-corrected chi connectivity index (χ0v) is 20.8. The summed E-state index contributed by atoms with van der Waals surface area (Å²) in [6, 6.07) is 10.9. The van der Waals surface area contributed by atoms with Gasteiger partial charge in [0.1, 0.15) is 11.5 Å². The van der Waals surface area contributed by atoms with Gasteiger partial charge in [0.15, 0.2) is 5.13 Å². The Morgan fingerprint density at radius 3 is 2.58 bits per heavy atom. The monoisotopic (exact) mass is 484 g/mol. The molecule has 172 valence electrons. The minimum Gasteiger partial charge on any atom is -0.497 e. The molecule has 9 heteroatoms. The minimum atomic E-state index is -0.227. The summed E-state index contributed by atoms with van der Waals surface area (Å²) < 4.78 is 13.6. The van der Waals surface area contributed by atoms with Crippen molar-refractivity contribution >= 4 is 44.2 Å². The Hall–Kier alpha value is -3.10. The van der Waals surface area contributed by atoms with Crippen LogP contribution in [0.25, 0.3) is 10.2 Å². The van der Waals surface area contributed by atoms with Crippen LogP contribution < -0.4 is 14.4 Å². The molecule has 0 atom stereocenters. The van der Waals surface area contributed by atoms with E-state index in [9.17, 15) is 4.79 Å². The highest BCUT2D eigenvalue weighted by Gasteiger charge is 2.25. The van der Waals surface area contributed by atoms with Gasteiger partial charge in [-0.05, 0) is 62.7 Å². The van der Waals surface area contributed by atoms with Crippen LogP contribution in [0.5, 0.6) is 11.5 Å². The fraction of sp³-hybridized carbons (Fsp3) is 0.292. The number of methoxy groups -OCH3 is 2. The lowest BCUT2D eigenvalue weighted by molar-refractivity contribution is 0.0982. The molecule has 0 aliphatic carbocycles. The van der Waals surface area contributed by atoms with Crippen molar-refractivity contribution in [2.75, 3.05) is 25.7 Å². The molecule has 0 spiro atoms. The summed E-state index contributed by atoms with van der Waals surface area (Å²) in [5, 5.41) is 5.77. The molecule has 0 bridgehead atoms. The van der Waals surface area contributed by atoms with Gasteiger partial charge in [0.05, 0.1) is 42.2 Å². The molecular weight excluding hydrogens is 460 g/mol. The van der Waals surface area contributed by atoms with Crippen LogP contribution in [0.1, 0.15) is 27.3 Å². The molecule has 0 radical (unpaired) electrons. The molecule has 33 heavy (non-hydrogen) atoms. The summed E-state index contributed by atoms with van der Waals surface area (Å²) in [6.45, 7) is 6.82. The Morgan fingerprint density at radius 1 is 1.12 bits per heavy atom. The predicted octanol–water partition coefficient (Wildman–Crippen LogP) is 5.44. The van der Waals surface area contributed by atoms with Crippen molar-refractivity contribution in [2.24, 2.45) is 0 Å². The van der Waals surface area contributed by atoms with Crippen LogP contribution in [0.3, 0.4) is 0 Å². The minimum absolute atomic E-state index is 0.227. The fourth-order valence-electron chi connectivity index (χ4n) is 3.76. The largest absolute Gasteiger partial charge is 0.497 e. The maximum atomic E-state index is 13.8. The van der Waals surface area contributed by atoms with Crippen LogP contribution in [0.2, 0.25) is 5.02 Å². The summed E-state index contributed by atoms with van der Waals surface area (Å²) in [5.41, 5.74) is 4.17. The van der Waals surface area contributed by atoms with Crippen molar-refractivity contribution in [1.82, 2.24) is 14.8 Å². The number of nitrogens with zero attached hydrogens (tertiary/aromatic N) is 4. The molecule has 0 saturated carbocycles. The number of thiazole rings is 1. The Labute approximate surface area is 201 Å². The number of carbonyl (C=O) groups excluding carboxylic acids is 1. The first-order valence-corrected chi connectivity index (χ1v) is 11.6. The van der Waals surface area contributed by atoms with Crippen molar-refractivity contribution < 1.29 is 14.3 Å². The number of fused-ring (bicyclic) bond motifs is 1. The number of aromatic nitrogens is 3. The standard InChI is InChI=1S/C24H25ClN4O3S/c1-14-10-17(25)12-21-22(14)26-24(33-21)28(8-9-29-16(3)11-15(2)27-29)23(30)19-13-18(31-4)6-7-20(19)32-5/h6-7,10-13H,8-9H2,1-5H3. The van der Waals surface area contributed by atoms with Gasteiger partial charge in [-0.25, -0.2) is 4.98 Å². The lowest BCUT2D eigenvalue weighted by Crippen LogP contribution is -2.34. The van der Waals surface area contributed by atoms with E-state index in [-0.39, 0.29) is 5.91 Å². The molecule has 2 aromatic heterocycles. The topological polar surface area (TPSA) is 69.5 Å². The molecule has 0 N–H and O–H groups in total. The highest BCUT2D eigenvalue weighted by molar-refractivity contribution is 7.22. The van der Waals surface area contributed by atoms with Crippen LogP contribution in [-0.4, -0.2) is 41.4 Å². The third kappa shape index (κ3) is 4.67. The predicted molar refractivity (Wildman–Crippen MR) is 132 cm³/mol. The van der Waals surface area contributed by atoms with Crippen LogP contribution in [-0.2, 0) is 6.54 Å². The molecule has 0 aliphatic heterocycles. The lowest BCUT2D eigenvalue weighted by atomic mass is 10.1. The number of hydrogen-bond acceptors (Lipinski definition) is 6. The zero-order chi connectivity index (χ0) is 23.7. The SMILES string of the molecule is COc1ccc(OC)c(C(=O)N(CCn2nc(C)cc2C)c2nc3c(C)cc(Cl)cc3s2)c1. The van der Waals surface area contributed by atoms with E-state index in [1.807, 2.05) is 43.7 Å². The fourth-order valence-corrected chi connectivity index (χ4v) is 5.21. The second kappa shape index (κ2) is 9.41. The molecule has 7 nitrogen and oxygen atoms in total. The van der Waals surface area contributed by atoms with E-state index >= 15 is 0 Å². The Balaban J connectivity index is 1.78. The Kier molecular flexibility index (Phi) is 6.58. The number of benzene rings is 2. The number of ether oxygens (including phenoxy) is 2. The van der Waals surface area contributed by atoms with Crippen LogP contribution in [0.15, 0.2) is 36.4 Å². The summed E-state index contributed by atoms with van der Waals surface area (Å²) >= 11 is 7.69. The number of halogens is 1. The summed E-state index contributed by atoms with van der Waals surface area (Å²) in [7, 11) is 3.11. The average molecular weight is 485 g/mol. The first-order chi connectivity index (χ1) is 15.8. The van der Waals surface area contributed by atoms with Gasteiger partial charge in [-0.1, -0.05) is 22.9 Å². The van der Waals surface area contributed by atoms with Crippen molar-refractivity contribution in [3.05, 3.63) is 63.9 Å². The second-order valence-corrected chi connectivity index (χ2v) is 9.18. The molecule has 2 heterocycles. The smallest absolute Gasteiger partial charge is 0.264 e.